The molecule has 0 aliphatic carbocycles. The van der Waals surface area contributed by atoms with Crippen molar-refractivity contribution in [3.63, 3.8) is 0 Å². The zero-order valence-corrected chi connectivity index (χ0v) is 9.18. The molecule has 1 aromatic heterocycles. The van der Waals surface area contributed by atoms with Crippen LogP contribution < -0.4 is 5.73 Å². The van der Waals surface area contributed by atoms with Crippen LogP contribution in [0.5, 0.6) is 0 Å². The highest BCUT2D eigenvalue weighted by Crippen LogP contribution is 2.09. The van der Waals surface area contributed by atoms with E-state index in [0.717, 1.165) is 5.56 Å². The van der Waals surface area contributed by atoms with Gasteiger partial charge in [0.25, 0.3) is 0 Å². The van der Waals surface area contributed by atoms with E-state index in [4.69, 9.17) is 10.5 Å². The van der Waals surface area contributed by atoms with Crippen LogP contribution in [0.3, 0.4) is 0 Å². The lowest BCUT2D eigenvalue weighted by atomic mass is 10.1. The first-order valence-electron chi connectivity index (χ1n) is 5.13. The maximum Gasteiger partial charge on any atom is 0.123 e. The topological polar surface area (TPSA) is 68.4 Å². The molecule has 4 heteroatoms. The summed E-state index contributed by atoms with van der Waals surface area (Å²) in [6, 6.07) is 3.61. The Morgan fingerprint density at radius 2 is 2.33 bits per heavy atom. The molecule has 3 N–H and O–H groups in total. The van der Waals surface area contributed by atoms with Crippen LogP contribution in [0, 0.1) is 0 Å². The molecule has 0 amide bonds. The molecule has 1 aromatic rings. The number of nitrogen functional groups attached to an aromatic ring is 1. The summed E-state index contributed by atoms with van der Waals surface area (Å²) in [5, 5.41) is 9.81. The van der Waals surface area contributed by atoms with Crippen molar-refractivity contribution in [2.24, 2.45) is 0 Å². The van der Waals surface area contributed by atoms with Gasteiger partial charge in [-0.15, -0.1) is 0 Å². The molecule has 2 atom stereocenters. The molecule has 0 saturated carbocycles. The first-order valence-corrected chi connectivity index (χ1v) is 5.13. The van der Waals surface area contributed by atoms with Gasteiger partial charge in [-0.05, 0) is 31.5 Å². The number of nitrogens with two attached hydrogens (primary N) is 1. The van der Waals surface area contributed by atoms with E-state index in [0.29, 0.717) is 18.8 Å². The summed E-state index contributed by atoms with van der Waals surface area (Å²) < 4.78 is 5.31. The third-order valence-electron chi connectivity index (χ3n) is 2.26. The Balaban J connectivity index is 2.54. The molecule has 1 heterocycles. The van der Waals surface area contributed by atoms with E-state index in [1.54, 1.807) is 12.3 Å². The van der Waals surface area contributed by atoms with Crippen LogP contribution in [0.2, 0.25) is 0 Å². The van der Waals surface area contributed by atoms with Crippen LogP contribution in [0.15, 0.2) is 18.3 Å². The molecule has 0 radical (unpaired) electrons. The van der Waals surface area contributed by atoms with Crippen molar-refractivity contribution in [2.45, 2.75) is 32.5 Å². The quantitative estimate of drug-likeness (QED) is 0.760. The Morgan fingerprint density at radius 3 is 2.93 bits per heavy atom. The van der Waals surface area contributed by atoms with Gasteiger partial charge in [0.05, 0.1) is 12.2 Å². The average Bonchev–Trinajstić information content (AvgIpc) is 2.18. The van der Waals surface area contributed by atoms with Crippen LogP contribution in [0.1, 0.15) is 19.4 Å². The summed E-state index contributed by atoms with van der Waals surface area (Å²) in [7, 11) is 0. The van der Waals surface area contributed by atoms with E-state index in [1.165, 1.54) is 0 Å². The normalized spacial score (nSPS) is 14.9. The largest absolute Gasteiger partial charge is 0.390 e. The standard InChI is InChI=1S/C11H18N2O2/c1-3-15-8(2)10(14)6-9-4-5-13-11(12)7-9/h4-5,7-8,10,14H,3,6H2,1-2H3,(H2,12,13). The number of rotatable bonds is 5. The number of anilines is 1. The van der Waals surface area contributed by atoms with Crippen molar-refractivity contribution in [1.82, 2.24) is 4.98 Å². The molecule has 0 bridgehead atoms. The molecule has 0 spiro atoms. The molecule has 0 aliphatic rings. The Morgan fingerprint density at radius 1 is 1.60 bits per heavy atom. The fraction of sp³-hybridized carbons (Fsp3) is 0.545. The van der Waals surface area contributed by atoms with Gasteiger partial charge in [0, 0.05) is 19.2 Å². The van der Waals surface area contributed by atoms with E-state index in [2.05, 4.69) is 4.98 Å². The van der Waals surface area contributed by atoms with Crippen molar-refractivity contribution in [1.29, 1.82) is 0 Å². The van der Waals surface area contributed by atoms with Crippen LogP contribution in [0.4, 0.5) is 5.82 Å². The minimum absolute atomic E-state index is 0.163. The molecule has 0 aromatic carbocycles. The summed E-state index contributed by atoms with van der Waals surface area (Å²) in [6.45, 7) is 4.38. The predicted octanol–water partition coefficient (Wildman–Crippen LogP) is 0.992. The summed E-state index contributed by atoms with van der Waals surface area (Å²) in [5.74, 6) is 0.476. The second kappa shape index (κ2) is 5.68. The van der Waals surface area contributed by atoms with Crippen LogP contribution >= 0.6 is 0 Å². The summed E-state index contributed by atoms with van der Waals surface area (Å²) >= 11 is 0. The number of aliphatic hydroxyl groups excluding tert-OH is 1. The fourth-order valence-corrected chi connectivity index (χ4v) is 1.40. The molecule has 15 heavy (non-hydrogen) atoms. The number of aromatic nitrogens is 1. The first-order chi connectivity index (χ1) is 7.13. The molecule has 0 aliphatic heterocycles. The van der Waals surface area contributed by atoms with Gasteiger partial charge in [-0.3, -0.25) is 0 Å². The third-order valence-corrected chi connectivity index (χ3v) is 2.26. The molecular weight excluding hydrogens is 192 g/mol. The van der Waals surface area contributed by atoms with Crippen molar-refractivity contribution in [2.75, 3.05) is 12.3 Å². The van der Waals surface area contributed by atoms with Gasteiger partial charge in [0.15, 0.2) is 0 Å². The summed E-state index contributed by atoms with van der Waals surface area (Å²) in [6.07, 6.45) is 1.51. The number of aliphatic hydroxyl groups is 1. The minimum atomic E-state index is -0.508. The predicted molar refractivity (Wildman–Crippen MR) is 59.4 cm³/mol. The Hall–Kier alpha value is -1.13. The first kappa shape index (κ1) is 11.9. The highest BCUT2D eigenvalue weighted by Gasteiger charge is 2.14. The fourth-order valence-electron chi connectivity index (χ4n) is 1.40. The SMILES string of the molecule is CCOC(C)C(O)Cc1ccnc(N)c1. The van der Waals surface area contributed by atoms with Gasteiger partial charge in [-0.1, -0.05) is 0 Å². The van der Waals surface area contributed by atoms with Gasteiger partial charge in [-0.25, -0.2) is 4.98 Å². The number of hydrogen-bond acceptors (Lipinski definition) is 4. The minimum Gasteiger partial charge on any atom is -0.390 e. The third kappa shape index (κ3) is 3.85. The van der Waals surface area contributed by atoms with Crippen molar-refractivity contribution >= 4 is 5.82 Å². The van der Waals surface area contributed by atoms with Crippen LogP contribution in [0.25, 0.3) is 0 Å². The van der Waals surface area contributed by atoms with E-state index >= 15 is 0 Å². The van der Waals surface area contributed by atoms with E-state index < -0.39 is 6.10 Å². The van der Waals surface area contributed by atoms with Gasteiger partial charge in [0.1, 0.15) is 5.82 Å². The lowest BCUT2D eigenvalue weighted by Crippen LogP contribution is -2.28. The second-order valence-corrected chi connectivity index (χ2v) is 3.52. The van der Waals surface area contributed by atoms with Gasteiger partial charge in [0.2, 0.25) is 0 Å². The van der Waals surface area contributed by atoms with E-state index in [9.17, 15) is 5.11 Å². The number of nitrogens with zero attached hydrogens (tertiary/aromatic N) is 1. The average molecular weight is 210 g/mol. The van der Waals surface area contributed by atoms with Crippen molar-refractivity contribution in [3.05, 3.63) is 23.9 Å². The summed E-state index contributed by atoms with van der Waals surface area (Å²) in [4.78, 5) is 3.89. The van der Waals surface area contributed by atoms with Crippen molar-refractivity contribution in [3.8, 4) is 0 Å². The molecule has 84 valence electrons. The maximum absolute atomic E-state index is 9.81. The Kier molecular flexibility index (Phi) is 4.52. The van der Waals surface area contributed by atoms with Gasteiger partial charge >= 0.3 is 0 Å². The lowest BCUT2D eigenvalue weighted by Gasteiger charge is -2.18. The highest BCUT2D eigenvalue weighted by molar-refractivity contribution is 5.32. The zero-order chi connectivity index (χ0) is 11.3. The Bertz CT molecular complexity index is 304. The Labute approximate surface area is 90.1 Å². The second-order valence-electron chi connectivity index (χ2n) is 3.52. The van der Waals surface area contributed by atoms with Crippen LogP contribution in [-0.2, 0) is 11.2 Å². The molecular formula is C11H18N2O2. The number of ether oxygens (including phenoxy) is 1. The molecule has 2 unspecified atom stereocenters. The van der Waals surface area contributed by atoms with Gasteiger partial charge in [-0.2, -0.15) is 0 Å². The number of pyridine rings is 1. The van der Waals surface area contributed by atoms with Crippen molar-refractivity contribution < 1.29 is 9.84 Å². The maximum atomic E-state index is 9.81. The monoisotopic (exact) mass is 210 g/mol. The highest BCUT2D eigenvalue weighted by atomic mass is 16.5. The molecule has 4 nitrogen and oxygen atoms in total. The molecule has 0 saturated heterocycles. The lowest BCUT2D eigenvalue weighted by molar-refractivity contribution is -0.0208. The molecule has 1 rings (SSSR count). The van der Waals surface area contributed by atoms with E-state index in [-0.39, 0.29) is 6.10 Å². The number of hydrogen-bond donors (Lipinski definition) is 2. The van der Waals surface area contributed by atoms with Gasteiger partial charge < -0.3 is 15.6 Å². The van der Waals surface area contributed by atoms with E-state index in [1.807, 2.05) is 19.9 Å². The smallest absolute Gasteiger partial charge is 0.123 e. The van der Waals surface area contributed by atoms with Crippen LogP contribution in [-0.4, -0.2) is 28.9 Å². The molecule has 0 fully saturated rings. The summed E-state index contributed by atoms with van der Waals surface area (Å²) in [5.41, 5.74) is 6.52. The zero-order valence-electron chi connectivity index (χ0n) is 9.18.